The minimum Gasteiger partial charge on any atom is -0.353 e. The zero-order chi connectivity index (χ0) is 18.2. The molecular weight excluding hydrogens is 353 g/mol. The molecule has 0 spiro atoms. The van der Waals surface area contributed by atoms with Crippen LogP contribution in [-0.4, -0.2) is 42.2 Å². The highest BCUT2D eigenvalue weighted by Gasteiger charge is 2.41. The summed E-state index contributed by atoms with van der Waals surface area (Å²) in [5, 5.41) is 3.20. The molecule has 0 aromatic heterocycles. The van der Waals surface area contributed by atoms with Crippen molar-refractivity contribution in [3.63, 3.8) is 0 Å². The highest BCUT2D eigenvalue weighted by molar-refractivity contribution is 6.30. The lowest BCUT2D eigenvalue weighted by Crippen LogP contribution is -2.49. The molecule has 2 heterocycles. The summed E-state index contributed by atoms with van der Waals surface area (Å²) in [6.07, 6.45) is -1.82. The van der Waals surface area contributed by atoms with E-state index in [1.807, 2.05) is 0 Å². The average Bonchev–Trinajstić information content (AvgIpc) is 2.73. The molecule has 0 radical (unpaired) electrons. The van der Waals surface area contributed by atoms with Gasteiger partial charge in [-0.05, 0) is 50.4 Å². The number of carbonyl (C=O) groups is 1. The summed E-state index contributed by atoms with van der Waals surface area (Å²) < 4.78 is 39.0. The molecule has 2 aliphatic rings. The first-order chi connectivity index (χ1) is 11.7. The van der Waals surface area contributed by atoms with Crippen molar-refractivity contribution in [2.75, 3.05) is 7.05 Å². The first-order valence-electron chi connectivity index (χ1n) is 8.57. The SMILES string of the molecule is CN1[C@@H]2CC[C@H]1C[C@H](NC(=O)C(CC(F)(F)F)c1cccc(Cl)c1)C2. The second-order valence-corrected chi connectivity index (χ2v) is 7.59. The van der Waals surface area contributed by atoms with Crippen molar-refractivity contribution in [1.29, 1.82) is 0 Å². The van der Waals surface area contributed by atoms with E-state index in [4.69, 9.17) is 11.6 Å². The van der Waals surface area contributed by atoms with Crippen molar-refractivity contribution >= 4 is 17.5 Å². The van der Waals surface area contributed by atoms with Gasteiger partial charge in [-0.3, -0.25) is 4.79 Å². The van der Waals surface area contributed by atoms with E-state index in [1.165, 1.54) is 12.1 Å². The molecule has 0 aliphatic carbocycles. The molecule has 2 saturated heterocycles. The molecule has 1 aromatic carbocycles. The number of piperidine rings is 1. The molecular formula is C18H22ClF3N2O. The van der Waals surface area contributed by atoms with Crippen LogP contribution in [0.5, 0.6) is 0 Å². The monoisotopic (exact) mass is 374 g/mol. The average molecular weight is 375 g/mol. The van der Waals surface area contributed by atoms with Crippen LogP contribution >= 0.6 is 11.6 Å². The van der Waals surface area contributed by atoms with Gasteiger partial charge in [-0.2, -0.15) is 13.2 Å². The largest absolute Gasteiger partial charge is 0.390 e. The number of halogens is 4. The number of amides is 1. The van der Waals surface area contributed by atoms with E-state index < -0.39 is 24.4 Å². The number of carbonyl (C=O) groups excluding carboxylic acids is 1. The molecule has 2 bridgehead atoms. The van der Waals surface area contributed by atoms with Crippen LogP contribution in [0, 0.1) is 0 Å². The van der Waals surface area contributed by atoms with E-state index in [-0.39, 0.29) is 6.04 Å². The van der Waals surface area contributed by atoms with Gasteiger partial charge in [0.05, 0.1) is 12.3 Å². The standard InChI is InChI=1S/C18H22ClF3N2O/c1-24-14-5-6-15(24)9-13(8-14)23-17(25)16(10-18(20,21)22)11-3-2-4-12(19)7-11/h2-4,7,13-16H,5-6,8-10H2,1H3,(H,23,25)/t13-,14-,15+,16?. The number of nitrogens with zero attached hydrogens (tertiary/aromatic N) is 1. The van der Waals surface area contributed by atoms with Crippen LogP contribution in [0.4, 0.5) is 13.2 Å². The Kier molecular flexibility index (Phi) is 5.30. The molecule has 3 nitrogen and oxygen atoms in total. The Balaban J connectivity index is 1.73. The molecule has 1 amide bonds. The third-order valence-electron chi connectivity index (χ3n) is 5.45. The molecule has 25 heavy (non-hydrogen) atoms. The highest BCUT2D eigenvalue weighted by atomic mass is 35.5. The molecule has 0 saturated carbocycles. The smallest absolute Gasteiger partial charge is 0.353 e. The fourth-order valence-corrected chi connectivity index (χ4v) is 4.35. The number of hydrogen-bond donors (Lipinski definition) is 1. The lowest BCUT2D eigenvalue weighted by atomic mass is 9.92. The molecule has 3 rings (SSSR count). The minimum atomic E-state index is -4.42. The van der Waals surface area contributed by atoms with E-state index in [0.29, 0.717) is 22.7 Å². The first-order valence-corrected chi connectivity index (χ1v) is 8.95. The van der Waals surface area contributed by atoms with Crippen LogP contribution in [-0.2, 0) is 4.79 Å². The van der Waals surface area contributed by atoms with Gasteiger partial charge in [-0.25, -0.2) is 0 Å². The summed E-state index contributed by atoms with van der Waals surface area (Å²) in [6.45, 7) is 0. The number of alkyl halides is 3. The third kappa shape index (κ3) is 4.47. The molecule has 1 aromatic rings. The summed E-state index contributed by atoms with van der Waals surface area (Å²) in [6, 6.07) is 6.89. The van der Waals surface area contributed by atoms with Crippen LogP contribution in [0.25, 0.3) is 0 Å². The maximum Gasteiger partial charge on any atom is 0.390 e. The Morgan fingerprint density at radius 2 is 1.96 bits per heavy atom. The van der Waals surface area contributed by atoms with E-state index in [1.54, 1.807) is 12.1 Å². The van der Waals surface area contributed by atoms with Gasteiger partial charge < -0.3 is 10.2 Å². The van der Waals surface area contributed by atoms with Gasteiger partial charge in [0, 0.05) is 23.1 Å². The molecule has 2 fully saturated rings. The van der Waals surface area contributed by atoms with Gasteiger partial charge in [0.15, 0.2) is 0 Å². The van der Waals surface area contributed by atoms with E-state index >= 15 is 0 Å². The zero-order valence-electron chi connectivity index (χ0n) is 14.0. The third-order valence-corrected chi connectivity index (χ3v) is 5.68. The Hall–Kier alpha value is -1.27. The van der Waals surface area contributed by atoms with Crippen LogP contribution < -0.4 is 5.32 Å². The maximum atomic E-state index is 13.0. The summed E-state index contributed by atoms with van der Waals surface area (Å²) in [5.74, 6) is -1.83. The maximum absolute atomic E-state index is 13.0. The second-order valence-electron chi connectivity index (χ2n) is 7.15. The van der Waals surface area contributed by atoms with E-state index in [2.05, 4.69) is 17.3 Å². The highest BCUT2D eigenvalue weighted by Crippen LogP contribution is 2.36. The fourth-order valence-electron chi connectivity index (χ4n) is 4.15. The van der Waals surface area contributed by atoms with Crippen molar-refractivity contribution < 1.29 is 18.0 Å². The number of rotatable bonds is 4. The minimum absolute atomic E-state index is 0.0592. The van der Waals surface area contributed by atoms with Gasteiger partial charge in [0.25, 0.3) is 0 Å². The lowest BCUT2D eigenvalue weighted by molar-refractivity contribution is -0.148. The molecule has 1 N–H and O–H groups in total. The van der Waals surface area contributed by atoms with Gasteiger partial charge in [-0.15, -0.1) is 0 Å². The second kappa shape index (κ2) is 7.16. The van der Waals surface area contributed by atoms with Crippen molar-refractivity contribution in [2.45, 2.75) is 62.3 Å². The molecule has 7 heteroatoms. The Bertz CT molecular complexity index is 623. The topological polar surface area (TPSA) is 32.3 Å². The number of nitrogens with one attached hydrogen (secondary N) is 1. The van der Waals surface area contributed by atoms with Crippen LogP contribution in [0.15, 0.2) is 24.3 Å². The van der Waals surface area contributed by atoms with Crippen LogP contribution in [0.3, 0.4) is 0 Å². The molecule has 1 unspecified atom stereocenters. The summed E-state index contributed by atoms with van der Waals surface area (Å²) in [5.41, 5.74) is 0.304. The Morgan fingerprint density at radius 1 is 1.32 bits per heavy atom. The molecule has 138 valence electrons. The fraction of sp³-hybridized carbons (Fsp3) is 0.611. The number of hydrogen-bond acceptors (Lipinski definition) is 2. The normalized spacial score (nSPS) is 28.0. The lowest BCUT2D eigenvalue weighted by Gasteiger charge is -2.37. The van der Waals surface area contributed by atoms with Gasteiger partial charge in [0.2, 0.25) is 5.91 Å². The van der Waals surface area contributed by atoms with Crippen LogP contribution in [0.1, 0.15) is 43.6 Å². The van der Waals surface area contributed by atoms with Crippen molar-refractivity contribution in [3.05, 3.63) is 34.9 Å². The van der Waals surface area contributed by atoms with Crippen molar-refractivity contribution in [3.8, 4) is 0 Å². The number of fused-ring (bicyclic) bond motifs is 2. The first kappa shape index (κ1) is 18.5. The summed E-state index contributed by atoms with van der Waals surface area (Å²) in [4.78, 5) is 15.0. The van der Waals surface area contributed by atoms with Crippen molar-refractivity contribution in [2.24, 2.45) is 0 Å². The molecule has 2 aliphatic heterocycles. The van der Waals surface area contributed by atoms with Gasteiger partial charge >= 0.3 is 6.18 Å². The van der Waals surface area contributed by atoms with E-state index in [9.17, 15) is 18.0 Å². The van der Waals surface area contributed by atoms with Crippen molar-refractivity contribution in [1.82, 2.24) is 10.2 Å². The predicted octanol–water partition coefficient (Wildman–Crippen LogP) is 4.12. The quantitative estimate of drug-likeness (QED) is 0.859. The number of benzene rings is 1. The van der Waals surface area contributed by atoms with Gasteiger partial charge in [0.1, 0.15) is 0 Å². The Morgan fingerprint density at radius 3 is 2.52 bits per heavy atom. The molecule has 4 atom stereocenters. The zero-order valence-corrected chi connectivity index (χ0v) is 14.8. The van der Waals surface area contributed by atoms with Gasteiger partial charge in [-0.1, -0.05) is 23.7 Å². The van der Waals surface area contributed by atoms with Crippen LogP contribution in [0.2, 0.25) is 5.02 Å². The van der Waals surface area contributed by atoms with E-state index in [0.717, 1.165) is 25.7 Å². The Labute approximate surface area is 150 Å². The predicted molar refractivity (Wildman–Crippen MR) is 90.6 cm³/mol. The summed E-state index contributed by atoms with van der Waals surface area (Å²) >= 11 is 5.90. The summed E-state index contributed by atoms with van der Waals surface area (Å²) in [7, 11) is 2.08.